The summed E-state index contributed by atoms with van der Waals surface area (Å²) in [6, 6.07) is 0.439. The van der Waals surface area contributed by atoms with Gasteiger partial charge in [-0.25, -0.2) is 0 Å². The zero-order valence-corrected chi connectivity index (χ0v) is 9.64. The molecule has 3 nitrogen and oxygen atoms in total. The SMILES string of the molecule is CCC1CNCCC1(CO)NC(C)C. The van der Waals surface area contributed by atoms with Crippen molar-refractivity contribution in [3.8, 4) is 0 Å². The summed E-state index contributed by atoms with van der Waals surface area (Å²) in [7, 11) is 0. The predicted octanol–water partition coefficient (Wildman–Crippen LogP) is 0.735. The lowest BCUT2D eigenvalue weighted by atomic mass is 9.77. The molecular formula is C11H24N2O. The average Bonchev–Trinajstić information content (AvgIpc) is 2.17. The molecule has 84 valence electrons. The van der Waals surface area contributed by atoms with Crippen LogP contribution in [-0.2, 0) is 0 Å². The highest BCUT2D eigenvalue weighted by Gasteiger charge is 2.39. The number of hydrogen-bond acceptors (Lipinski definition) is 3. The van der Waals surface area contributed by atoms with Crippen molar-refractivity contribution in [3.63, 3.8) is 0 Å². The van der Waals surface area contributed by atoms with Crippen LogP contribution in [-0.4, -0.2) is 36.4 Å². The van der Waals surface area contributed by atoms with E-state index in [1.807, 2.05) is 0 Å². The lowest BCUT2D eigenvalue weighted by molar-refractivity contribution is 0.0653. The monoisotopic (exact) mass is 200 g/mol. The van der Waals surface area contributed by atoms with Gasteiger partial charge in [0.25, 0.3) is 0 Å². The molecule has 2 atom stereocenters. The molecule has 2 unspecified atom stereocenters. The molecule has 3 N–H and O–H groups in total. The summed E-state index contributed by atoms with van der Waals surface area (Å²) in [5, 5.41) is 16.6. The molecule has 0 amide bonds. The van der Waals surface area contributed by atoms with E-state index >= 15 is 0 Å². The quantitative estimate of drug-likeness (QED) is 0.627. The lowest BCUT2D eigenvalue weighted by Gasteiger charge is -2.45. The van der Waals surface area contributed by atoms with Gasteiger partial charge in [0.1, 0.15) is 0 Å². The zero-order valence-electron chi connectivity index (χ0n) is 9.64. The Labute approximate surface area is 87.3 Å². The molecule has 0 bridgehead atoms. The third kappa shape index (κ3) is 2.47. The second-order valence-electron chi connectivity index (χ2n) is 4.67. The third-order valence-corrected chi connectivity index (χ3v) is 3.27. The Balaban J connectivity index is 2.70. The van der Waals surface area contributed by atoms with E-state index in [0.717, 1.165) is 25.9 Å². The van der Waals surface area contributed by atoms with Crippen molar-refractivity contribution < 1.29 is 5.11 Å². The van der Waals surface area contributed by atoms with Gasteiger partial charge in [-0.15, -0.1) is 0 Å². The Kier molecular flexibility index (Phi) is 4.35. The normalized spacial score (nSPS) is 33.6. The minimum Gasteiger partial charge on any atom is -0.394 e. The van der Waals surface area contributed by atoms with Crippen molar-refractivity contribution in [3.05, 3.63) is 0 Å². The maximum absolute atomic E-state index is 9.60. The van der Waals surface area contributed by atoms with Crippen LogP contribution in [0.5, 0.6) is 0 Å². The fraction of sp³-hybridized carbons (Fsp3) is 1.00. The highest BCUT2D eigenvalue weighted by atomic mass is 16.3. The molecule has 0 radical (unpaired) electrons. The van der Waals surface area contributed by atoms with Gasteiger partial charge in [-0.05, 0) is 25.4 Å². The molecule has 0 spiro atoms. The van der Waals surface area contributed by atoms with Gasteiger partial charge in [-0.3, -0.25) is 0 Å². The molecule has 1 saturated heterocycles. The van der Waals surface area contributed by atoms with Crippen LogP contribution < -0.4 is 10.6 Å². The maximum Gasteiger partial charge on any atom is 0.0617 e. The smallest absolute Gasteiger partial charge is 0.0617 e. The van der Waals surface area contributed by atoms with Gasteiger partial charge in [-0.2, -0.15) is 0 Å². The second-order valence-corrected chi connectivity index (χ2v) is 4.67. The Morgan fingerprint density at radius 3 is 2.79 bits per heavy atom. The first kappa shape index (κ1) is 12.0. The van der Waals surface area contributed by atoms with Gasteiger partial charge < -0.3 is 15.7 Å². The molecule has 1 fully saturated rings. The molecule has 0 saturated carbocycles. The van der Waals surface area contributed by atoms with E-state index in [9.17, 15) is 5.11 Å². The van der Waals surface area contributed by atoms with E-state index in [0.29, 0.717) is 12.0 Å². The van der Waals surface area contributed by atoms with E-state index < -0.39 is 0 Å². The van der Waals surface area contributed by atoms with Gasteiger partial charge in [-0.1, -0.05) is 27.2 Å². The van der Waals surface area contributed by atoms with E-state index in [4.69, 9.17) is 0 Å². The summed E-state index contributed by atoms with van der Waals surface area (Å²) in [5.41, 5.74) is -0.0475. The second kappa shape index (κ2) is 5.10. The zero-order chi connectivity index (χ0) is 10.6. The largest absolute Gasteiger partial charge is 0.394 e. The van der Waals surface area contributed by atoms with E-state index in [1.54, 1.807) is 0 Å². The Morgan fingerprint density at radius 2 is 2.29 bits per heavy atom. The Hall–Kier alpha value is -0.120. The molecule has 1 aliphatic heterocycles. The molecule has 0 aromatic rings. The van der Waals surface area contributed by atoms with E-state index in [-0.39, 0.29) is 12.1 Å². The molecule has 3 heteroatoms. The maximum atomic E-state index is 9.60. The van der Waals surface area contributed by atoms with Gasteiger partial charge in [0.2, 0.25) is 0 Å². The first-order chi connectivity index (χ1) is 6.64. The highest BCUT2D eigenvalue weighted by Crippen LogP contribution is 2.27. The van der Waals surface area contributed by atoms with Gasteiger partial charge >= 0.3 is 0 Å². The standard InChI is InChI=1S/C11H24N2O/c1-4-10-7-12-6-5-11(10,8-14)13-9(2)3/h9-10,12-14H,4-8H2,1-3H3. The fourth-order valence-corrected chi connectivity index (χ4v) is 2.54. The van der Waals surface area contributed by atoms with Crippen molar-refractivity contribution in [1.29, 1.82) is 0 Å². The first-order valence-corrected chi connectivity index (χ1v) is 5.74. The summed E-state index contributed by atoms with van der Waals surface area (Å²) < 4.78 is 0. The summed E-state index contributed by atoms with van der Waals surface area (Å²) in [6.07, 6.45) is 2.15. The highest BCUT2D eigenvalue weighted by molar-refractivity contribution is 4.98. The topological polar surface area (TPSA) is 44.3 Å². The number of aliphatic hydroxyl groups is 1. The summed E-state index contributed by atoms with van der Waals surface area (Å²) in [4.78, 5) is 0. The average molecular weight is 200 g/mol. The Morgan fingerprint density at radius 1 is 1.57 bits per heavy atom. The number of rotatable bonds is 4. The molecule has 0 aliphatic carbocycles. The molecular weight excluding hydrogens is 176 g/mol. The number of hydrogen-bond donors (Lipinski definition) is 3. The number of aliphatic hydroxyl groups excluding tert-OH is 1. The first-order valence-electron chi connectivity index (χ1n) is 5.74. The van der Waals surface area contributed by atoms with Crippen molar-refractivity contribution in [2.75, 3.05) is 19.7 Å². The molecule has 1 heterocycles. The van der Waals surface area contributed by atoms with Crippen molar-refractivity contribution in [1.82, 2.24) is 10.6 Å². The summed E-state index contributed by atoms with van der Waals surface area (Å²) >= 11 is 0. The number of nitrogens with one attached hydrogen (secondary N) is 2. The van der Waals surface area contributed by atoms with Crippen LogP contribution in [0.15, 0.2) is 0 Å². The molecule has 1 rings (SSSR count). The van der Waals surface area contributed by atoms with Crippen LogP contribution >= 0.6 is 0 Å². The van der Waals surface area contributed by atoms with Crippen LogP contribution in [0.2, 0.25) is 0 Å². The van der Waals surface area contributed by atoms with Crippen LogP contribution in [0.25, 0.3) is 0 Å². The van der Waals surface area contributed by atoms with Crippen LogP contribution in [0.4, 0.5) is 0 Å². The molecule has 0 aromatic heterocycles. The Bertz CT molecular complexity index is 173. The van der Waals surface area contributed by atoms with Crippen LogP contribution in [0.3, 0.4) is 0 Å². The van der Waals surface area contributed by atoms with Gasteiger partial charge in [0.05, 0.1) is 6.61 Å². The van der Waals surface area contributed by atoms with Crippen LogP contribution in [0, 0.1) is 5.92 Å². The van der Waals surface area contributed by atoms with Crippen molar-refractivity contribution in [2.24, 2.45) is 5.92 Å². The molecule has 0 aromatic carbocycles. The lowest BCUT2D eigenvalue weighted by Crippen LogP contribution is -2.62. The summed E-state index contributed by atoms with van der Waals surface area (Å²) in [6.45, 7) is 8.78. The number of piperidine rings is 1. The van der Waals surface area contributed by atoms with Crippen molar-refractivity contribution in [2.45, 2.75) is 45.2 Å². The fourth-order valence-electron chi connectivity index (χ4n) is 2.54. The molecule has 14 heavy (non-hydrogen) atoms. The minimum atomic E-state index is -0.0475. The predicted molar refractivity (Wildman–Crippen MR) is 59.4 cm³/mol. The minimum absolute atomic E-state index is 0.0475. The van der Waals surface area contributed by atoms with Gasteiger partial charge in [0, 0.05) is 11.6 Å². The van der Waals surface area contributed by atoms with Crippen molar-refractivity contribution >= 4 is 0 Å². The van der Waals surface area contributed by atoms with E-state index in [1.165, 1.54) is 0 Å². The molecule has 1 aliphatic rings. The summed E-state index contributed by atoms with van der Waals surface area (Å²) in [5.74, 6) is 0.545. The van der Waals surface area contributed by atoms with Gasteiger partial charge in [0.15, 0.2) is 0 Å². The third-order valence-electron chi connectivity index (χ3n) is 3.27. The van der Waals surface area contributed by atoms with Crippen LogP contribution in [0.1, 0.15) is 33.6 Å². The van der Waals surface area contributed by atoms with E-state index in [2.05, 4.69) is 31.4 Å².